The number of likely N-dealkylation sites (N-methyl/N-ethyl adjacent to an activating group) is 1. The molecular formula is C25H24BrFN2O3. The first-order valence-electron chi connectivity index (χ1n) is 10.1. The summed E-state index contributed by atoms with van der Waals surface area (Å²) in [6, 6.07) is 22.1. The maximum Gasteiger partial charge on any atom is 0.261 e. The molecule has 0 aromatic heterocycles. The molecule has 0 fully saturated rings. The van der Waals surface area contributed by atoms with E-state index in [1.54, 1.807) is 19.2 Å². The van der Waals surface area contributed by atoms with Crippen LogP contribution in [0.25, 0.3) is 0 Å². The van der Waals surface area contributed by atoms with E-state index in [-0.39, 0.29) is 24.8 Å². The molecule has 3 aromatic rings. The quantitative estimate of drug-likeness (QED) is 0.476. The SMILES string of the molecule is CNC(=O)[C@H](Cc1ccccc1)N(Cc1ccc(Br)cc1)C(=O)COc1ccccc1F. The Kier molecular flexibility index (Phi) is 8.39. The number of halogens is 2. The number of nitrogens with one attached hydrogen (secondary N) is 1. The minimum Gasteiger partial charge on any atom is -0.481 e. The molecule has 7 heteroatoms. The van der Waals surface area contributed by atoms with Gasteiger partial charge in [-0.3, -0.25) is 9.59 Å². The van der Waals surface area contributed by atoms with Gasteiger partial charge in [0.05, 0.1) is 0 Å². The summed E-state index contributed by atoms with van der Waals surface area (Å²) in [5.74, 6) is -1.26. The van der Waals surface area contributed by atoms with Crippen molar-refractivity contribution in [3.63, 3.8) is 0 Å². The van der Waals surface area contributed by atoms with Crippen LogP contribution >= 0.6 is 15.9 Å². The molecule has 5 nitrogen and oxygen atoms in total. The summed E-state index contributed by atoms with van der Waals surface area (Å²) in [5, 5.41) is 2.66. The second-order valence-electron chi connectivity index (χ2n) is 7.19. The van der Waals surface area contributed by atoms with Gasteiger partial charge in [-0.15, -0.1) is 0 Å². The van der Waals surface area contributed by atoms with Crippen LogP contribution in [0.1, 0.15) is 11.1 Å². The molecule has 2 amide bonds. The lowest BCUT2D eigenvalue weighted by molar-refractivity contribution is -0.142. The highest BCUT2D eigenvalue weighted by Gasteiger charge is 2.30. The van der Waals surface area contributed by atoms with Gasteiger partial charge in [-0.1, -0.05) is 70.5 Å². The molecule has 166 valence electrons. The van der Waals surface area contributed by atoms with Gasteiger partial charge >= 0.3 is 0 Å². The van der Waals surface area contributed by atoms with E-state index in [0.29, 0.717) is 6.42 Å². The number of amides is 2. The predicted molar refractivity (Wildman–Crippen MR) is 125 cm³/mol. The summed E-state index contributed by atoms with van der Waals surface area (Å²) in [5.41, 5.74) is 1.78. The number of nitrogens with zero attached hydrogens (tertiary/aromatic N) is 1. The van der Waals surface area contributed by atoms with Crippen LogP contribution in [-0.2, 0) is 22.6 Å². The van der Waals surface area contributed by atoms with E-state index in [0.717, 1.165) is 15.6 Å². The van der Waals surface area contributed by atoms with Crippen molar-refractivity contribution in [1.29, 1.82) is 0 Å². The minimum atomic E-state index is -0.761. The van der Waals surface area contributed by atoms with E-state index < -0.39 is 17.8 Å². The highest BCUT2D eigenvalue weighted by atomic mass is 79.9. The number of hydrogen-bond acceptors (Lipinski definition) is 3. The predicted octanol–water partition coefficient (Wildman–Crippen LogP) is 4.35. The fraction of sp³-hybridized carbons (Fsp3) is 0.200. The van der Waals surface area contributed by atoms with E-state index in [1.165, 1.54) is 17.0 Å². The van der Waals surface area contributed by atoms with Crippen LogP contribution in [-0.4, -0.2) is 36.4 Å². The minimum absolute atomic E-state index is 0.0102. The molecule has 0 spiro atoms. The zero-order chi connectivity index (χ0) is 22.9. The largest absolute Gasteiger partial charge is 0.481 e. The fourth-order valence-electron chi connectivity index (χ4n) is 3.29. The number of hydrogen-bond donors (Lipinski definition) is 1. The monoisotopic (exact) mass is 498 g/mol. The second kappa shape index (κ2) is 11.4. The first-order valence-corrected chi connectivity index (χ1v) is 10.9. The number of rotatable bonds is 9. The Labute approximate surface area is 195 Å². The molecule has 3 aromatic carbocycles. The molecule has 0 aliphatic rings. The van der Waals surface area contributed by atoms with Gasteiger partial charge < -0.3 is 15.0 Å². The molecule has 0 unspecified atom stereocenters. The van der Waals surface area contributed by atoms with Gasteiger partial charge in [-0.2, -0.15) is 0 Å². The Morgan fingerprint density at radius 1 is 0.969 bits per heavy atom. The second-order valence-corrected chi connectivity index (χ2v) is 8.10. The Morgan fingerprint density at radius 2 is 1.62 bits per heavy atom. The number of benzene rings is 3. The zero-order valence-electron chi connectivity index (χ0n) is 17.6. The first kappa shape index (κ1) is 23.5. The molecule has 0 saturated heterocycles. The van der Waals surface area contributed by atoms with Crippen molar-refractivity contribution in [1.82, 2.24) is 10.2 Å². The van der Waals surface area contributed by atoms with Crippen molar-refractivity contribution in [2.75, 3.05) is 13.7 Å². The molecule has 0 bridgehead atoms. The highest BCUT2D eigenvalue weighted by molar-refractivity contribution is 9.10. The number of para-hydroxylation sites is 1. The van der Waals surface area contributed by atoms with E-state index >= 15 is 0 Å². The molecule has 0 aliphatic carbocycles. The van der Waals surface area contributed by atoms with Crippen LogP contribution in [0.4, 0.5) is 4.39 Å². The fourth-order valence-corrected chi connectivity index (χ4v) is 3.56. The van der Waals surface area contributed by atoms with E-state index in [2.05, 4.69) is 21.2 Å². The molecule has 1 atom stereocenters. The van der Waals surface area contributed by atoms with Crippen LogP contribution < -0.4 is 10.1 Å². The lowest BCUT2D eigenvalue weighted by Crippen LogP contribution is -2.51. The molecule has 32 heavy (non-hydrogen) atoms. The van der Waals surface area contributed by atoms with Gasteiger partial charge in [-0.25, -0.2) is 4.39 Å². The Bertz CT molecular complexity index is 1040. The summed E-state index contributed by atoms with van der Waals surface area (Å²) in [7, 11) is 1.54. The van der Waals surface area contributed by atoms with Crippen LogP contribution in [0, 0.1) is 5.82 Å². The number of ether oxygens (including phenoxy) is 1. The van der Waals surface area contributed by atoms with E-state index in [1.807, 2.05) is 54.6 Å². The van der Waals surface area contributed by atoms with Crippen molar-refractivity contribution in [3.8, 4) is 5.75 Å². The third-order valence-corrected chi connectivity index (χ3v) is 5.50. The molecule has 0 heterocycles. The average molecular weight is 499 g/mol. The molecule has 0 aliphatic heterocycles. The smallest absolute Gasteiger partial charge is 0.261 e. The highest BCUT2D eigenvalue weighted by Crippen LogP contribution is 2.19. The molecule has 0 radical (unpaired) electrons. The summed E-state index contributed by atoms with van der Waals surface area (Å²) >= 11 is 3.41. The standard InChI is InChI=1S/C25H24BrFN2O3/c1-28-25(31)22(15-18-7-3-2-4-8-18)29(16-19-11-13-20(26)14-12-19)24(30)17-32-23-10-6-5-9-21(23)27/h2-14,22H,15-17H2,1H3,(H,28,31)/t22-/m0/s1. The zero-order valence-corrected chi connectivity index (χ0v) is 19.2. The Hall–Kier alpha value is -3.19. The third-order valence-electron chi connectivity index (χ3n) is 4.97. The van der Waals surface area contributed by atoms with Gasteiger partial charge in [0.1, 0.15) is 6.04 Å². The normalized spacial score (nSPS) is 11.5. The van der Waals surface area contributed by atoms with Crippen LogP contribution in [0.2, 0.25) is 0 Å². The van der Waals surface area contributed by atoms with Crippen molar-refractivity contribution in [2.24, 2.45) is 0 Å². The van der Waals surface area contributed by atoms with E-state index in [4.69, 9.17) is 4.74 Å². The van der Waals surface area contributed by atoms with Crippen molar-refractivity contribution < 1.29 is 18.7 Å². The van der Waals surface area contributed by atoms with Crippen LogP contribution in [0.5, 0.6) is 5.75 Å². The molecule has 0 saturated carbocycles. The maximum atomic E-state index is 13.9. The van der Waals surface area contributed by atoms with Crippen molar-refractivity contribution in [3.05, 3.63) is 100 Å². The average Bonchev–Trinajstić information content (AvgIpc) is 2.82. The summed E-state index contributed by atoms with van der Waals surface area (Å²) in [4.78, 5) is 27.5. The summed E-state index contributed by atoms with van der Waals surface area (Å²) in [6.07, 6.45) is 0.336. The number of carbonyl (C=O) groups is 2. The Morgan fingerprint density at radius 3 is 2.28 bits per heavy atom. The topological polar surface area (TPSA) is 58.6 Å². The Balaban J connectivity index is 1.87. The molecular weight excluding hydrogens is 475 g/mol. The summed E-state index contributed by atoms with van der Waals surface area (Å²) < 4.78 is 20.3. The lowest BCUT2D eigenvalue weighted by atomic mass is 10.0. The maximum absolute atomic E-state index is 13.9. The van der Waals surface area contributed by atoms with Crippen molar-refractivity contribution in [2.45, 2.75) is 19.0 Å². The van der Waals surface area contributed by atoms with Crippen molar-refractivity contribution >= 4 is 27.7 Å². The lowest BCUT2D eigenvalue weighted by Gasteiger charge is -2.31. The first-order chi connectivity index (χ1) is 15.5. The van der Waals surface area contributed by atoms with Crippen LogP contribution in [0.15, 0.2) is 83.3 Å². The molecule has 3 rings (SSSR count). The third kappa shape index (κ3) is 6.40. The van der Waals surface area contributed by atoms with Gasteiger partial charge in [0, 0.05) is 24.5 Å². The van der Waals surface area contributed by atoms with Gasteiger partial charge in [0.2, 0.25) is 5.91 Å². The van der Waals surface area contributed by atoms with Gasteiger partial charge in [-0.05, 0) is 35.4 Å². The van der Waals surface area contributed by atoms with Gasteiger partial charge in [0.25, 0.3) is 5.91 Å². The molecule has 1 N–H and O–H groups in total. The van der Waals surface area contributed by atoms with E-state index in [9.17, 15) is 14.0 Å². The number of carbonyl (C=O) groups excluding carboxylic acids is 2. The van der Waals surface area contributed by atoms with Crippen LogP contribution in [0.3, 0.4) is 0 Å². The van der Waals surface area contributed by atoms with Gasteiger partial charge in [0.15, 0.2) is 18.2 Å². The summed E-state index contributed by atoms with van der Waals surface area (Å²) in [6.45, 7) is -0.183.